The van der Waals surface area contributed by atoms with Crippen LogP contribution in [0.25, 0.3) is 0 Å². The van der Waals surface area contributed by atoms with Crippen molar-refractivity contribution in [3.05, 3.63) is 96.1 Å². The lowest BCUT2D eigenvalue weighted by Gasteiger charge is -2.42. The van der Waals surface area contributed by atoms with Gasteiger partial charge in [0.25, 0.3) is 0 Å². The first-order valence-corrected chi connectivity index (χ1v) is 15.2. The van der Waals surface area contributed by atoms with E-state index >= 15 is 0 Å². The monoisotopic (exact) mass is 635 g/mol. The number of alkyl carbamates (subject to hydrolysis) is 1. The second-order valence-corrected chi connectivity index (χ2v) is 12.5. The number of aromatic nitrogens is 2. The van der Waals surface area contributed by atoms with Crippen LogP contribution in [0.4, 0.5) is 9.59 Å². The average molecular weight is 636 g/mol. The minimum Gasteiger partial charge on any atom is -0.445 e. The van der Waals surface area contributed by atoms with Gasteiger partial charge in [-0.25, -0.2) is 9.59 Å². The van der Waals surface area contributed by atoms with Gasteiger partial charge < -0.3 is 30.7 Å². The van der Waals surface area contributed by atoms with Crippen molar-refractivity contribution in [2.24, 2.45) is 11.7 Å². The van der Waals surface area contributed by atoms with Gasteiger partial charge in [0, 0.05) is 24.8 Å². The normalized spacial score (nSPS) is 14.8. The minimum atomic E-state index is -1.71. The number of nitrogens with two attached hydrogens (primary N) is 1. The number of benzene rings is 1. The van der Waals surface area contributed by atoms with Crippen LogP contribution in [0.1, 0.15) is 51.3 Å². The largest absolute Gasteiger partial charge is 0.445 e. The summed E-state index contributed by atoms with van der Waals surface area (Å²) in [4.78, 5) is 48.9. The van der Waals surface area contributed by atoms with E-state index in [1.54, 1.807) is 108 Å². The molecule has 1 aromatic carbocycles. The summed E-state index contributed by atoms with van der Waals surface area (Å²) in [6, 6.07) is 12.3. The minimum absolute atomic E-state index is 0.00784. The molecule has 12 nitrogen and oxygen atoms in total. The third-order valence-corrected chi connectivity index (χ3v) is 7.25. The van der Waals surface area contributed by atoms with E-state index in [-0.39, 0.29) is 19.4 Å². The van der Waals surface area contributed by atoms with Crippen molar-refractivity contribution in [1.82, 2.24) is 20.2 Å². The van der Waals surface area contributed by atoms with Crippen molar-refractivity contribution in [2.75, 3.05) is 0 Å². The molecule has 3 amide bonds. The van der Waals surface area contributed by atoms with Gasteiger partial charge >= 0.3 is 12.2 Å². The fourth-order valence-corrected chi connectivity index (χ4v) is 5.13. The Labute approximate surface area is 270 Å². The first-order chi connectivity index (χ1) is 21.8. The highest BCUT2D eigenvalue weighted by molar-refractivity contribution is 5.85. The lowest BCUT2D eigenvalue weighted by atomic mass is 9.88. The van der Waals surface area contributed by atoms with Gasteiger partial charge in [0.2, 0.25) is 5.91 Å². The van der Waals surface area contributed by atoms with E-state index in [1.807, 2.05) is 6.07 Å². The third-order valence-electron chi connectivity index (χ3n) is 7.25. The predicted octanol–water partition coefficient (Wildman–Crippen LogP) is 3.39. The number of ether oxygens (including phenoxy) is 2. The summed E-state index contributed by atoms with van der Waals surface area (Å²) < 4.78 is 11.1. The van der Waals surface area contributed by atoms with E-state index in [1.165, 1.54) is 0 Å². The van der Waals surface area contributed by atoms with Crippen LogP contribution in [-0.2, 0) is 33.7 Å². The standard InChI is InChI=1S/C34H45N5O7/c1-22(2)28(31(35)42)39(33(44)45-21-25-9-7-6-8-10-25)27(20-24-13-17-37-18-14-24)30(41)29(40)26(19-23-11-15-36-16-12-23)38-32(43)46-34(3,4)5/h6-18,22,26-30,40-41H,19-21H2,1-5H3,(H2,35,42)(H,38,43)/t26-,27+,28-,29+,30-/m0/s1. The highest BCUT2D eigenvalue weighted by Gasteiger charge is 2.44. The number of hydrogen-bond donors (Lipinski definition) is 4. The van der Waals surface area contributed by atoms with E-state index in [0.717, 1.165) is 4.90 Å². The maximum Gasteiger partial charge on any atom is 0.411 e. The number of aliphatic hydroxyl groups excluding tert-OH is 2. The summed E-state index contributed by atoms with van der Waals surface area (Å²) >= 11 is 0. The van der Waals surface area contributed by atoms with Crippen molar-refractivity contribution in [3.63, 3.8) is 0 Å². The molecule has 0 spiro atoms. The van der Waals surface area contributed by atoms with Gasteiger partial charge in [-0.1, -0.05) is 44.2 Å². The number of nitrogens with one attached hydrogen (secondary N) is 1. The molecule has 0 unspecified atom stereocenters. The van der Waals surface area contributed by atoms with Crippen LogP contribution in [0, 0.1) is 5.92 Å². The molecule has 5 N–H and O–H groups in total. The maximum atomic E-state index is 13.9. The molecule has 0 fully saturated rings. The summed E-state index contributed by atoms with van der Waals surface area (Å²) in [5.74, 6) is -1.30. The van der Waals surface area contributed by atoms with Gasteiger partial charge in [0.1, 0.15) is 30.5 Å². The zero-order valence-electron chi connectivity index (χ0n) is 26.9. The smallest absolute Gasteiger partial charge is 0.411 e. The number of hydrogen-bond acceptors (Lipinski definition) is 9. The molecule has 3 aromatic rings. The van der Waals surface area contributed by atoms with Crippen LogP contribution in [-0.4, -0.2) is 79.1 Å². The Balaban J connectivity index is 2.06. The van der Waals surface area contributed by atoms with Crippen LogP contribution in [0.2, 0.25) is 0 Å². The fraction of sp³-hybridized carbons (Fsp3) is 0.441. The zero-order valence-corrected chi connectivity index (χ0v) is 26.9. The summed E-state index contributed by atoms with van der Waals surface area (Å²) in [6.07, 6.45) is 1.25. The highest BCUT2D eigenvalue weighted by atomic mass is 16.6. The number of carbonyl (C=O) groups is 3. The Morgan fingerprint density at radius 3 is 1.89 bits per heavy atom. The molecule has 12 heteroatoms. The third kappa shape index (κ3) is 10.8. The van der Waals surface area contributed by atoms with Crippen molar-refractivity contribution >= 4 is 18.1 Å². The molecule has 3 rings (SSSR count). The zero-order chi connectivity index (χ0) is 33.9. The van der Waals surface area contributed by atoms with Crippen LogP contribution >= 0.6 is 0 Å². The highest BCUT2D eigenvalue weighted by Crippen LogP contribution is 2.25. The second kappa shape index (κ2) is 16.7. The molecule has 0 saturated heterocycles. The van der Waals surface area contributed by atoms with Gasteiger partial charge in [-0.05, 0) is 80.5 Å². The van der Waals surface area contributed by atoms with Crippen LogP contribution in [0.15, 0.2) is 79.4 Å². The van der Waals surface area contributed by atoms with Gasteiger partial charge in [0.05, 0.1) is 12.1 Å². The topological polar surface area (TPSA) is 177 Å². The Hall–Kier alpha value is -4.55. The fourth-order valence-electron chi connectivity index (χ4n) is 5.13. The molecule has 0 bridgehead atoms. The molecule has 2 heterocycles. The Morgan fingerprint density at radius 2 is 1.39 bits per heavy atom. The summed E-state index contributed by atoms with van der Waals surface area (Å²) in [6.45, 7) is 8.44. The molecule has 5 atom stereocenters. The quantitative estimate of drug-likeness (QED) is 0.207. The molecule has 0 aliphatic heterocycles. The van der Waals surface area contributed by atoms with Crippen molar-refractivity contribution < 1.29 is 34.1 Å². The molecular weight excluding hydrogens is 590 g/mol. The molecule has 0 radical (unpaired) electrons. The van der Waals surface area contributed by atoms with Gasteiger partial charge in [-0.3, -0.25) is 19.7 Å². The van der Waals surface area contributed by atoms with E-state index < -0.39 is 59.9 Å². The maximum absolute atomic E-state index is 13.9. The number of amides is 3. The number of pyridine rings is 2. The average Bonchev–Trinajstić information content (AvgIpc) is 3.00. The first kappa shape index (κ1) is 35.9. The van der Waals surface area contributed by atoms with Crippen molar-refractivity contribution in [1.29, 1.82) is 0 Å². The van der Waals surface area contributed by atoms with Crippen LogP contribution in [0.5, 0.6) is 0 Å². The molecule has 0 aliphatic carbocycles. The Morgan fingerprint density at radius 1 is 0.848 bits per heavy atom. The second-order valence-electron chi connectivity index (χ2n) is 12.5. The van der Waals surface area contributed by atoms with E-state index in [2.05, 4.69) is 15.3 Å². The van der Waals surface area contributed by atoms with Crippen molar-refractivity contribution in [2.45, 2.75) is 90.0 Å². The molecule has 46 heavy (non-hydrogen) atoms. The SMILES string of the molecule is CC(C)[C@@H](C(N)=O)N(C(=O)OCc1ccccc1)[C@H](Cc1ccncc1)[C@H](O)[C@H](O)[C@H](Cc1ccncc1)NC(=O)OC(C)(C)C. The predicted molar refractivity (Wildman–Crippen MR) is 171 cm³/mol. The lowest BCUT2D eigenvalue weighted by Crippen LogP contribution is -2.63. The number of carbonyl (C=O) groups excluding carboxylic acids is 3. The van der Waals surface area contributed by atoms with E-state index in [4.69, 9.17) is 15.2 Å². The Bertz CT molecular complexity index is 1390. The molecule has 0 saturated carbocycles. The molecule has 0 aliphatic rings. The molecule has 248 valence electrons. The number of primary amides is 1. The van der Waals surface area contributed by atoms with Gasteiger partial charge in [-0.15, -0.1) is 0 Å². The van der Waals surface area contributed by atoms with Crippen LogP contribution < -0.4 is 11.1 Å². The van der Waals surface area contributed by atoms with E-state index in [9.17, 15) is 24.6 Å². The van der Waals surface area contributed by atoms with E-state index in [0.29, 0.717) is 16.7 Å². The number of nitrogens with zero attached hydrogens (tertiary/aromatic N) is 3. The summed E-state index contributed by atoms with van der Waals surface area (Å²) in [5.41, 5.74) is 7.11. The van der Waals surface area contributed by atoms with Gasteiger partial charge in [-0.2, -0.15) is 0 Å². The Kier molecular flexibility index (Phi) is 13.0. The molecular formula is C34H45N5O7. The molecule has 2 aromatic heterocycles. The lowest BCUT2D eigenvalue weighted by molar-refractivity contribution is -0.128. The van der Waals surface area contributed by atoms with Gasteiger partial charge in [0.15, 0.2) is 0 Å². The number of aliphatic hydroxyl groups is 2. The summed E-state index contributed by atoms with van der Waals surface area (Å²) in [7, 11) is 0. The van der Waals surface area contributed by atoms with Crippen molar-refractivity contribution in [3.8, 4) is 0 Å². The first-order valence-electron chi connectivity index (χ1n) is 15.2. The summed E-state index contributed by atoms with van der Waals surface area (Å²) in [5, 5.41) is 26.4. The number of rotatable bonds is 14. The van der Waals surface area contributed by atoms with Crippen LogP contribution in [0.3, 0.4) is 0 Å².